The molecule has 2 aromatic carbocycles. The first-order valence-corrected chi connectivity index (χ1v) is 5.96. The maximum atomic E-state index is 13.7. The maximum Gasteiger partial charge on any atom is 0.138 e. The zero-order valence-electron chi connectivity index (χ0n) is 9.99. The summed E-state index contributed by atoms with van der Waals surface area (Å²) in [5.41, 5.74) is 6.01. The minimum atomic E-state index is -0.459. The van der Waals surface area contributed by atoms with Crippen molar-refractivity contribution >= 4 is 17.4 Å². The van der Waals surface area contributed by atoms with Crippen LogP contribution in [0.3, 0.4) is 0 Å². The number of nitrogen functional groups attached to an aromatic ring is 1. The first-order chi connectivity index (χ1) is 9.08. The Balaban J connectivity index is 2.12. The smallest absolute Gasteiger partial charge is 0.138 e. The van der Waals surface area contributed by atoms with E-state index in [0.717, 1.165) is 0 Å². The molecule has 0 heterocycles. The van der Waals surface area contributed by atoms with Gasteiger partial charge in [0.25, 0.3) is 0 Å². The van der Waals surface area contributed by atoms with Crippen LogP contribution >= 0.6 is 11.6 Å². The number of halogens is 2. The van der Waals surface area contributed by atoms with Crippen molar-refractivity contribution in [3.8, 4) is 5.75 Å². The highest BCUT2D eigenvalue weighted by molar-refractivity contribution is 6.32. The summed E-state index contributed by atoms with van der Waals surface area (Å²) >= 11 is 5.93. The number of benzene rings is 2. The van der Waals surface area contributed by atoms with Gasteiger partial charge in [-0.15, -0.1) is 0 Å². The topological polar surface area (TPSA) is 59.1 Å². The van der Waals surface area contributed by atoms with Gasteiger partial charge in [0.1, 0.15) is 24.0 Å². The van der Waals surface area contributed by atoms with Crippen molar-refractivity contribution in [2.75, 3.05) is 0 Å². The van der Waals surface area contributed by atoms with E-state index in [4.69, 9.17) is 27.5 Å². The lowest BCUT2D eigenvalue weighted by Crippen LogP contribution is -2.12. The Labute approximate surface area is 115 Å². The molecule has 0 bridgehead atoms. The van der Waals surface area contributed by atoms with Crippen LogP contribution in [0.15, 0.2) is 42.5 Å². The van der Waals surface area contributed by atoms with Gasteiger partial charge in [0.15, 0.2) is 0 Å². The van der Waals surface area contributed by atoms with Crippen LogP contribution in [0.1, 0.15) is 11.1 Å². The molecule has 0 unspecified atom stereocenters. The number of nitrogens with one attached hydrogen (secondary N) is 1. The average Bonchev–Trinajstić information content (AvgIpc) is 2.39. The van der Waals surface area contributed by atoms with Crippen LogP contribution in [0.25, 0.3) is 0 Å². The lowest BCUT2D eigenvalue weighted by Gasteiger charge is -2.09. The summed E-state index contributed by atoms with van der Waals surface area (Å²) in [6.45, 7) is 0.0632. The molecule has 0 amide bonds. The van der Waals surface area contributed by atoms with Crippen LogP contribution in [0, 0.1) is 11.2 Å². The highest BCUT2D eigenvalue weighted by Gasteiger charge is 2.07. The molecule has 2 aromatic rings. The summed E-state index contributed by atoms with van der Waals surface area (Å²) in [5.74, 6) is -0.128. The third-order valence-electron chi connectivity index (χ3n) is 2.58. The molecule has 0 fully saturated rings. The Morgan fingerprint density at radius 1 is 1.26 bits per heavy atom. The van der Waals surface area contributed by atoms with Crippen LogP contribution in [-0.4, -0.2) is 5.84 Å². The maximum absolute atomic E-state index is 13.7. The number of para-hydroxylation sites is 1. The molecular formula is C14H12ClFN2O. The highest BCUT2D eigenvalue weighted by atomic mass is 35.5. The third-order valence-corrected chi connectivity index (χ3v) is 2.90. The molecule has 0 atom stereocenters. The van der Waals surface area contributed by atoms with Crippen LogP contribution in [0.4, 0.5) is 4.39 Å². The van der Waals surface area contributed by atoms with E-state index < -0.39 is 5.82 Å². The standard InChI is InChI=1S/C14H12ClFN2O/c15-11-3-1-2-4-13(11)19-8-10-6-5-9(14(17)18)7-12(10)16/h1-7H,8H2,(H3,17,18). The van der Waals surface area contributed by atoms with Gasteiger partial charge in [0.2, 0.25) is 0 Å². The van der Waals surface area contributed by atoms with Crippen LogP contribution < -0.4 is 10.5 Å². The molecule has 2 rings (SSSR count). The molecule has 0 radical (unpaired) electrons. The van der Waals surface area contributed by atoms with Crippen molar-refractivity contribution < 1.29 is 9.13 Å². The predicted molar refractivity (Wildman–Crippen MR) is 73.2 cm³/mol. The molecule has 0 spiro atoms. The van der Waals surface area contributed by atoms with Gasteiger partial charge in [-0.2, -0.15) is 0 Å². The summed E-state index contributed by atoms with van der Waals surface area (Å²) in [5, 5.41) is 7.70. The monoisotopic (exact) mass is 278 g/mol. The molecular weight excluding hydrogens is 267 g/mol. The average molecular weight is 279 g/mol. The number of nitrogens with two attached hydrogens (primary N) is 1. The minimum absolute atomic E-state index is 0.0632. The van der Waals surface area contributed by atoms with Gasteiger partial charge in [0, 0.05) is 11.1 Å². The van der Waals surface area contributed by atoms with E-state index in [-0.39, 0.29) is 12.4 Å². The molecule has 3 N–H and O–H groups in total. The number of ether oxygens (including phenoxy) is 1. The SMILES string of the molecule is N=C(N)c1ccc(COc2ccccc2Cl)c(F)c1. The second-order valence-corrected chi connectivity index (χ2v) is 4.35. The van der Waals surface area contributed by atoms with Crippen LogP contribution in [0.2, 0.25) is 5.02 Å². The Bertz CT molecular complexity index is 616. The van der Waals surface area contributed by atoms with Gasteiger partial charge < -0.3 is 10.5 Å². The molecule has 0 aliphatic carbocycles. The summed E-state index contributed by atoms with van der Waals surface area (Å²) in [6.07, 6.45) is 0. The van der Waals surface area contributed by atoms with E-state index in [1.165, 1.54) is 6.07 Å². The summed E-state index contributed by atoms with van der Waals surface area (Å²) in [7, 11) is 0. The van der Waals surface area contributed by atoms with Gasteiger partial charge >= 0.3 is 0 Å². The summed E-state index contributed by atoms with van der Waals surface area (Å²) in [4.78, 5) is 0. The molecule has 0 saturated heterocycles. The van der Waals surface area contributed by atoms with E-state index in [1.807, 2.05) is 0 Å². The highest BCUT2D eigenvalue weighted by Crippen LogP contribution is 2.24. The first kappa shape index (κ1) is 13.4. The molecule has 0 aliphatic heterocycles. The van der Waals surface area contributed by atoms with E-state index in [0.29, 0.717) is 21.9 Å². The van der Waals surface area contributed by atoms with Crippen molar-refractivity contribution in [1.29, 1.82) is 5.41 Å². The number of rotatable bonds is 4. The molecule has 19 heavy (non-hydrogen) atoms. The van der Waals surface area contributed by atoms with Gasteiger partial charge in [-0.3, -0.25) is 5.41 Å². The zero-order valence-corrected chi connectivity index (χ0v) is 10.7. The van der Waals surface area contributed by atoms with Gasteiger partial charge in [-0.1, -0.05) is 35.9 Å². The molecule has 0 saturated carbocycles. The van der Waals surface area contributed by atoms with Crippen molar-refractivity contribution in [2.24, 2.45) is 5.73 Å². The quantitative estimate of drug-likeness (QED) is 0.666. The normalized spacial score (nSPS) is 10.2. The lowest BCUT2D eigenvalue weighted by atomic mass is 10.1. The molecule has 5 heteroatoms. The van der Waals surface area contributed by atoms with E-state index in [1.54, 1.807) is 36.4 Å². The van der Waals surface area contributed by atoms with Crippen molar-refractivity contribution in [3.05, 3.63) is 64.4 Å². The van der Waals surface area contributed by atoms with Gasteiger partial charge in [0.05, 0.1) is 5.02 Å². The van der Waals surface area contributed by atoms with Gasteiger partial charge in [-0.05, 0) is 18.2 Å². The van der Waals surface area contributed by atoms with Crippen LogP contribution in [-0.2, 0) is 6.61 Å². The number of hydrogen-bond acceptors (Lipinski definition) is 2. The fraction of sp³-hybridized carbons (Fsp3) is 0.0714. The predicted octanol–water partition coefficient (Wildman–Crippen LogP) is 3.34. The fourth-order valence-corrected chi connectivity index (χ4v) is 1.74. The van der Waals surface area contributed by atoms with Gasteiger partial charge in [-0.25, -0.2) is 4.39 Å². The molecule has 98 valence electrons. The minimum Gasteiger partial charge on any atom is -0.487 e. The number of hydrogen-bond donors (Lipinski definition) is 2. The van der Waals surface area contributed by atoms with Crippen molar-refractivity contribution in [2.45, 2.75) is 6.61 Å². The lowest BCUT2D eigenvalue weighted by molar-refractivity contribution is 0.300. The molecule has 3 nitrogen and oxygen atoms in total. The largest absolute Gasteiger partial charge is 0.487 e. The second-order valence-electron chi connectivity index (χ2n) is 3.94. The fourth-order valence-electron chi connectivity index (χ4n) is 1.55. The van der Waals surface area contributed by atoms with E-state index in [9.17, 15) is 4.39 Å². The molecule has 0 aliphatic rings. The first-order valence-electron chi connectivity index (χ1n) is 5.58. The Morgan fingerprint density at radius 3 is 2.63 bits per heavy atom. The zero-order chi connectivity index (χ0) is 13.8. The van der Waals surface area contributed by atoms with Crippen molar-refractivity contribution in [3.63, 3.8) is 0 Å². The molecule has 0 aromatic heterocycles. The Hall–Kier alpha value is -2.07. The summed E-state index contributed by atoms with van der Waals surface area (Å²) in [6, 6.07) is 11.3. The third kappa shape index (κ3) is 3.23. The Morgan fingerprint density at radius 2 is 2.00 bits per heavy atom. The van der Waals surface area contributed by atoms with E-state index >= 15 is 0 Å². The number of amidine groups is 1. The summed E-state index contributed by atoms with van der Waals surface area (Å²) < 4.78 is 19.2. The Kier molecular flexibility index (Phi) is 4.02. The van der Waals surface area contributed by atoms with Crippen LogP contribution in [0.5, 0.6) is 5.75 Å². The van der Waals surface area contributed by atoms with E-state index in [2.05, 4.69) is 0 Å². The second kappa shape index (κ2) is 5.71. The van der Waals surface area contributed by atoms with Crippen molar-refractivity contribution in [1.82, 2.24) is 0 Å².